The van der Waals surface area contributed by atoms with Crippen LogP contribution in [0.5, 0.6) is 0 Å². The van der Waals surface area contributed by atoms with E-state index in [1.165, 1.54) is 4.31 Å². The summed E-state index contributed by atoms with van der Waals surface area (Å²) in [4.78, 5) is 0. The number of nitrogens with two attached hydrogens (primary N) is 1. The monoisotopic (exact) mass is 333 g/mol. The molecule has 7 heteroatoms. The van der Waals surface area contributed by atoms with Crippen LogP contribution < -0.4 is 14.8 Å². The van der Waals surface area contributed by atoms with Crippen LogP contribution in [0.2, 0.25) is 0 Å². The van der Waals surface area contributed by atoms with Crippen LogP contribution in [0.25, 0.3) is 0 Å². The molecule has 0 saturated carbocycles. The third-order valence-corrected chi connectivity index (χ3v) is 4.90. The van der Waals surface area contributed by atoms with Gasteiger partial charge in [0, 0.05) is 17.6 Å². The predicted octanol–water partition coefficient (Wildman–Crippen LogP) is 1.07. The molecular formula is C11H16BrN3O2S. The Hall–Kier alpha value is -0.630. The topological polar surface area (TPSA) is 75.4 Å². The van der Waals surface area contributed by atoms with Gasteiger partial charge in [-0.1, -0.05) is 22.0 Å². The lowest BCUT2D eigenvalue weighted by Crippen LogP contribution is -2.51. The lowest BCUT2D eigenvalue weighted by atomic mass is 10.1. The molecule has 1 aliphatic rings. The van der Waals surface area contributed by atoms with Gasteiger partial charge in [0.25, 0.3) is 0 Å². The molecule has 3 N–H and O–H groups in total. The van der Waals surface area contributed by atoms with Crippen LogP contribution in [0.1, 0.15) is 6.42 Å². The Morgan fingerprint density at radius 3 is 2.94 bits per heavy atom. The Bertz CT molecular complexity index is 521. The molecule has 5 nitrogen and oxygen atoms in total. The van der Waals surface area contributed by atoms with E-state index < -0.39 is 10.2 Å². The van der Waals surface area contributed by atoms with Gasteiger partial charge in [-0.3, -0.25) is 4.31 Å². The Labute approximate surface area is 116 Å². The molecular weight excluding hydrogens is 318 g/mol. The highest BCUT2D eigenvalue weighted by Crippen LogP contribution is 2.25. The minimum atomic E-state index is -3.42. The Morgan fingerprint density at radius 1 is 1.50 bits per heavy atom. The molecule has 1 aromatic carbocycles. The fourth-order valence-corrected chi connectivity index (χ4v) is 3.79. The SMILES string of the molecule is NCCC1CNS(=O)(=O)N(c2cccc(Br)c2)C1. The summed E-state index contributed by atoms with van der Waals surface area (Å²) in [5, 5.41) is 0. The van der Waals surface area contributed by atoms with Crippen molar-refractivity contribution in [1.29, 1.82) is 0 Å². The van der Waals surface area contributed by atoms with Gasteiger partial charge in [-0.15, -0.1) is 0 Å². The molecule has 0 bridgehead atoms. The van der Waals surface area contributed by atoms with Crippen molar-refractivity contribution < 1.29 is 8.42 Å². The van der Waals surface area contributed by atoms with Gasteiger partial charge in [0.2, 0.25) is 0 Å². The second-order valence-electron chi connectivity index (χ2n) is 4.31. The van der Waals surface area contributed by atoms with Crippen molar-refractivity contribution in [2.45, 2.75) is 6.42 Å². The molecule has 1 aliphatic heterocycles. The second-order valence-corrected chi connectivity index (χ2v) is 6.90. The Balaban J connectivity index is 2.27. The summed E-state index contributed by atoms with van der Waals surface area (Å²) in [6, 6.07) is 7.27. The zero-order chi connectivity index (χ0) is 13.2. The van der Waals surface area contributed by atoms with Gasteiger partial charge in [-0.25, -0.2) is 0 Å². The first-order valence-corrected chi connectivity index (χ1v) is 7.99. The number of benzene rings is 1. The number of hydrogen-bond donors (Lipinski definition) is 2. The summed E-state index contributed by atoms with van der Waals surface area (Å²) in [5.74, 6) is 0.248. The lowest BCUT2D eigenvalue weighted by molar-refractivity contribution is 0.459. The number of nitrogens with zero attached hydrogens (tertiary/aromatic N) is 1. The molecule has 2 rings (SSSR count). The van der Waals surface area contributed by atoms with Crippen LogP contribution in [-0.4, -0.2) is 28.1 Å². The van der Waals surface area contributed by atoms with Gasteiger partial charge in [-0.2, -0.15) is 13.1 Å². The van der Waals surface area contributed by atoms with E-state index in [9.17, 15) is 8.42 Å². The maximum Gasteiger partial charge on any atom is 0.301 e. The standard InChI is InChI=1S/C11H16BrN3O2S/c12-10-2-1-3-11(6-10)15-8-9(4-5-13)7-14-18(15,16)17/h1-3,6,9,14H,4-5,7-8,13H2. The molecule has 0 aromatic heterocycles. The second kappa shape index (κ2) is 5.56. The summed E-state index contributed by atoms with van der Waals surface area (Å²) >= 11 is 3.35. The van der Waals surface area contributed by atoms with Gasteiger partial charge >= 0.3 is 10.2 Å². The van der Waals surface area contributed by atoms with E-state index in [-0.39, 0.29) is 5.92 Å². The molecule has 1 aromatic rings. The number of halogens is 1. The molecule has 1 atom stereocenters. The summed E-state index contributed by atoms with van der Waals surface area (Å²) < 4.78 is 28.9. The van der Waals surface area contributed by atoms with Gasteiger partial charge in [0.1, 0.15) is 0 Å². The minimum Gasteiger partial charge on any atom is -0.330 e. The molecule has 100 valence electrons. The van der Waals surface area contributed by atoms with Gasteiger partial charge in [-0.05, 0) is 37.1 Å². The van der Waals surface area contributed by atoms with Gasteiger partial charge < -0.3 is 5.73 Å². The van der Waals surface area contributed by atoms with E-state index >= 15 is 0 Å². The van der Waals surface area contributed by atoms with Crippen LogP contribution in [0.4, 0.5) is 5.69 Å². The van der Waals surface area contributed by atoms with Crippen LogP contribution in [0.3, 0.4) is 0 Å². The molecule has 0 spiro atoms. The number of hydrogen-bond acceptors (Lipinski definition) is 3. The molecule has 1 unspecified atom stereocenters. The third-order valence-electron chi connectivity index (χ3n) is 2.94. The Morgan fingerprint density at radius 2 is 2.28 bits per heavy atom. The van der Waals surface area contributed by atoms with Crippen molar-refractivity contribution in [3.63, 3.8) is 0 Å². The van der Waals surface area contributed by atoms with E-state index in [0.29, 0.717) is 25.3 Å². The summed E-state index contributed by atoms with van der Waals surface area (Å²) in [6.45, 7) is 1.51. The zero-order valence-electron chi connectivity index (χ0n) is 9.84. The van der Waals surface area contributed by atoms with E-state index in [4.69, 9.17) is 5.73 Å². The predicted molar refractivity (Wildman–Crippen MR) is 75.6 cm³/mol. The smallest absolute Gasteiger partial charge is 0.301 e. The normalized spacial score (nSPS) is 23.0. The van der Waals surface area contributed by atoms with E-state index in [1.807, 2.05) is 12.1 Å². The van der Waals surface area contributed by atoms with Crippen LogP contribution in [0.15, 0.2) is 28.7 Å². The van der Waals surface area contributed by atoms with Crippen molar-refractivity contribution >= 4 is 31.8 Å². The largest absolute Gasteiger partial charge is 0.330 e. The van der Waals surface area contributed by atoms with Crippen molar-refractivity contribution in [3.05, 3.63) is 28.7 Å². The number of rotatable bonds is 3. The maximum absolute atomic E-state index is 12.0. The zero-order valence-corrected chi connectivity index (χ0v) is 12.2. The summed E-state index contributed by atoms with van der Waals surface area (Å²) in [5.41, 5.74) is 6.20. The maximum atomic E-state index is 12.0. The number of anilines is 1. The van der Waals surface area contributed by atoms with E-state index in [2.05, 4.69) is 20.7 Å². The summed E-state index contributed by atoms with van der Waals surface area (Å²) in [7, 11) is -3.42. The van der Waals surface area contributed by atoms with Crippen LogP contribution >= 0.6 is 15.9 Å². The quantitative estimate of drug-likeness (QED) is 0.868. The van der Waals surface area contributed by atoms with Crippen molar-refractivity contribution in [1.82, 2.24) is 4.72 Å². The third kappa shape index (κ3) is 3.03. The van der Waals surface area contributed by atoms with Gasteiger partial charge in [0.05, 0.1) is 5.69 Å². The first-order chi connectivity index (χ1) is 8.53. The van der Waals surface area contributed by atoms with E-state index in [1.54, 1.807) is 12.1 Å². The first kappa shape index (κ1) is 13.8. The molecule has 0 aliphatic carbocycles. The molecule has 0 radical (unpaired) electrons. The molecule has 1 saturated heterocycles. The van der Waals surface area contributed by atoms with Crippen molar-refractivity contribution in [2.24, 2.45) is 11.7 Å². The average molecular weight is 334 g/mol. The van der Waals surface area contributed by atoms with E-state index in [0.717, 1.165) is 10.9 Å². The minimum absolute atomic E-state index is 0.248. The van der Waals surface area contributed by atoms with Crippen molar-refractivity contribution in [2.75, 3.05) is 23.9 Å². The van der Waals surface area contributed by atoms with Crippen LogP contribution in [-0.2, 0) is 10.2 Å². The van der Waals surface area contributed by atoms with Crippen molar-refractivity contribution in [3.8, 4) is 0 Å². The summed E-state index contributed by atoms with van der Waals surface area (Å²) in [6.07, 6.45) is 0.813. The molecule has 18 heavy (non-hydrogen) atoms. The van der Waals surface area contributed by atoms with Gasteiger partial charge in [0.15, 0.2) is 0 Å². The lowest BCUT2D eigenvalue weighted by Gasteiger charge is -2.34. The fraction of sp³-hybridized carbons (Fsp3) is 0.455. The number of nitrogens with one attached hydrogen (secondary N) is 1. The highest BCUT2D eigenvalue weighted by Gasteiger charge is 2.30. The van der Waals surface area contributed by atoms with Crippen LogP contribution in [0, 0.1) is 5.92 Å². The fourth-order valence-electron chi connectivity index (χ4n) is 2.00. The average Bonchev–Trinajstić information content (AvgIpc) is 2.31. The molecule has 1 fully saturated rings. The molecule has 1 heterocycles. The highest BCUT2D eigenvalue weighted by molar-refractivity contribution is 9.10. The first-order valence-electron chi connectivity index (χ1n) is 5.76. The molecule has 0 amide bonds. The highest BCUT2D eigenvalue weighted by atomic mass is 79.9. The Kier molecular flexibility index (Phi) is 4.26.